The lowest BCUT2D eigenvalue weighted by molar-refractivity contribution is 1.11. The highest BCUT2D eigenvalue weighted by Crippen LogP contribution is 2.22. The van der Waals surface area contributed by atoms with Crippen LogP contribution in [-0.2, 0) is 13.1 Å². The molecule has 24 heavy (non-hydrogen) atoms. The largest absolute Gasteiger partial charge is 0.380 e. The number of benzene rings is 3. The maximum Gasteiger partial charge on any atom is 0.0637 e. The third-order valence-electron chi connectivity index (χ3n) is 3.74. The van der Waals surface area contributed by atoms with Gasteiger partial charge in [0.1, 0.15) is 0 Å². The van der Waals surface area contributed by atoms with Crippen molar-refractivity contribution in [1.82, 2.24) is 0 Å². The van der Waals surface area contributed by atoms with Gasteiger partial charge in [-0.2, -0.15) is 0 Å². The van der Waals surface area contributed by atoms with E-state index < -0.39 is 0 Å². The van der Waals surface area contributed by atoms with Crippen LogP contribution in [0.1, 0.15) is 11.1 Å². The fourth-order valence-electron chi connectivity index (χ4n) is 2.38. The van der Waals surface area contributed by atoms with Crippen LogP contribution in [0, 0.1) is 0 Å². The average Bonchev–Trinajstić information content (AvgIpc) is 2.61. The zero-order valence-electron chi connectivity index (χ0n) is 13.1. The summed E-state index contributed by atoms with van der Waals surface area (Å²) in [4.78, 5) is 0. The van der Waals surface area contributed by atoms with E-state index in [1.165, 1.54) is 11.1 Å². The van der Waals surface area contributed by atoms with Crippen LogP contribution in [0.4, 0.5) is 11.4 Å². The van der Waals surface area contributed by atoms with E-state index in [4.69, 9.17) is 23.2 Å². The van der Waals surface area contributed by atoms with Crippen LogP contribution in [0.15, 0.2) is 72.8 Å². The fraction of sp³-hybridized carbons (Fsp3) is 0.100. The average molecular weight is 357 g/mol. The number of rotatable bonds is 6. The molecule has 0 saturated carbocycles. The number of hydrogen-bond donors (Lipinski definition) is 2. The second-order valence-electron chi connectivity index (χ2n) is 5.48. The Morgan fingerprint density at radius 3 is 1.29 bits per heavy atom. The van der Waals surface area contributed by atoms with Gasteiger partial charge in [0.05, 0.1) is 21.4 Å². The van der Waals surface area contributed by atoms with E-state index in [0.717, 1.165) is 34.5 Å². The molecular weight excluding hydrogens is 339 g/mol. The molecule has 0 aliphatic heterocycles. The van der Waals surface area contributed by atoms with Crippen molar-refractivity contribution in [3.63, 3.8) is 0 Å². The van der Waals surface area contributed by atoms with E-state index in [0.29, 0.717) is 0 Å². The lowest BCUT2D eigenvalue weighted by Crippen LogP contribution is -2.02. The van der Waals surface area contributed by atoms with Crippen molar-refractivity contribution in [3.8, 4) is 0 Å². The molecule has 3 rings (SSSR count). The zero-order valence-corrected chi connectivity index (χ0v) is 14.6. The monoisotopic (exact) mass is 356 g/mol. The minimum atomic E-state index is 0.734. The Bertz CT molecular complexity index is 732. The lowest BCUT2D eigenvalue weighted by Gasteiger charge is -2.10. The molecule has 2 N–H and O–H groups in total. The van der Waals surface area contributed by atoms with Gasteiger partial charge in [0.25, 0.3) is 0 Å². The second kappa shape index (κ2) is 8.09. The summed E-state index contributed by atoms with van der Waals surface area (Å²) in [5.41, 5.74) is 4.31. The van der Waals surface area contributed by atoms with Crippen molar-refractivity contribution in [2.45, 2.75) is 13.1 Å². The maximum atomic E-state index is 6.15. The molecule has 0 heterocycles. The summed E-state index contributed by atoms with van der Waals surface area (Å²) < 4.78 is 0. The first kappa shape index (κ1) is 16.7. The van der Waals surface area contributed by atoms with Gasteiger partial charge in [-0.05, 0) is 35.4 Å². The summed E-state index contributed by atoms with van der Waals surface area (Å²) >= 11 is 12.3. The Morgan fingerprint density at radius 1 is 0.542 bits per heavy atom. The summed E-state index contributed by atoms with van der Waals surface area (Å²) in [6, 6.07) is 24.0. The Morgan fingerprint density at radius 2 is 0.917 bits per heavy atom. The third-order valence-corrected chi connectivity index (χ3v) is 4.40. The van der Waals surface area contributed by atoms with Gasteiger partial charge in [0, 0.05) is 13.1 Å². The van der Waals surface area contributed by atoms with Gasteiger partial charge in [-0.25, -0.2) is 0 Å². The normalized spacial score (nSPS) is 10.4. The van der Waals surface area contributed by atoms with Crippen LogP contribution in [0.2, 0.25) is 10.0 Å². The van der Waals surface area contributed by atoms with Crippen molar-refractivity contribution in [3.05, 3.63) is 94.0 Å². The van der Waals surface area contributed by atoms with Crippen molar-refractivity contribution in [1.29, 1.82) is 0 Å². The molecule has 3 aromatic rings. The Kier molecular flexibility index (Phi) is 5.63. The van der Waals surface area contributed by atoms with E-state index in [1.54, 1.807) is 0 Å². The van der Waals surface area contributed by atoms with Crippen molar-refractivity contribution in [2.75, 3.05) is 10.6 Å². The van der Waals surface area contributed by atoms with Crippen LogP contribution in [0.5, 0.6) is 0 Å². The van der Waals surface area contributed by atoms with Crippen LogP contribution >= 0.6 is 23.2 Å². The zero-order chi connectivity index (χ0) is 16.8. The summed E-state index contributed by atoms with van der Waals surface area (Å²) in [7, 11) is 0. The van der Waals surface area contributed by atoms with E-state index in [9.17, 15) is 0 Å². The molecule has 0 bridgehead atoms. The molecule has 0 unspecified atom stereocenters. The minimum Gasteiger partial charge on any atom is -0.380 e. The van der Waals surface area contributed by atoms with E-state index >= 15 is 0 Å². The van der Waals surface area contributed by atoms with Gasteiger partial charge < -0.3 is 10.6 Å². The molecule has 3 aromatic carbocycles. The molecule has 0 radical (unpaired) electrons. The molecular formula is C20H18Cl2N2. The number of hydrogen-bond acceptors (Lipinski definition) is 2. The summed E-state index contributed by atoms with van der Waals surface area (Å²) in [5, 5.41) is 8.17. The first-order valence-electron chi connectivity index (χ1n) is 7.77. The highest BCUT2D eigenvalue weighted by molar-refractivity contribution is 6.33. The third kappa shape index (κ3) is 4.44. The van der Waals surface area contributed by atoms with Gasteiger partial charge >= 0.3 is 0 Å². The van der Waals surface area contributed by atoms with E-state index in [-0.39, 0.29) is 0 Å². The molecule has 0 atom stereocenters. The number of halogens is 2. The standard InChI is InChI=1S/C20H18Cl2N2/c21-17-5-1-3-7-19(17)23-13-15-9-11-16(12-10-15)14-24-20-8-4-2-6-18(20)22/h1-12,23-24H,13-14H2. The molecule has 0 aromatic heterocycles. The first-order valence-corrected chi connectivity index (χ1v) is 8.52. The molecule has 2 nitrogen and oxygen atoms in total. The van der Waals surface area contributed by atoms with Crippen molar-refractivity contribution < 1.29 is 0 Å². The molecule has 0 aliphatic rings. The first-order chi connectivity index (χ1) is 11.7. The highest BCUT2D eigenvalue weighted by atomic mass is 35.5. The van der Waals surface area contributed by atoms with Gasteiger partial charge in [-0.15, -0.1) is 0 Å². The van der Waals surface area contributed by atoms with Crippen molar-refractivity contribution >= 4 is 34.6 Å². The van der Waals surface area contributed by atoms with Crippen molar-refractivity contribution in [2.24, 2.45) is 0 Å². The number of nitrogens with one attached hydrogen (secondary N) is 2. The molecule has 4 heteroatoms. The van der Waals surface area contributed by atoms with Gasteiger partial charge in [-0.3, -0.25) is 0 Å². The summed E-state index contributed by atoms with van der Waals surface area (Å²) in [6.07, 6.45) is 0. The topological polar surface area (TPSA) is 24.1 Å². The van der Waals surface area contributed by atoms with E-state index in [1.807, 2.05) is 48.5 Å². The van der Waals surface area contributed by atoms with Crippen LogP contribution in [0.25, 0.3) is 0 Å². The van der Waals surface area contributed by atoms with Crippen LogP contribution in [0.3, 0.4) is 0 Å². The Hall–Kier alpha value is -2.16. The summed E-state index contributed by atoms with van der Waals surface area (Å²) in [5.74, 6) is 0. The highest BCUT2D eigenvalue weighted by Gasteiger charge is 2.01. The van der Waals surface area contributed by atoms with Crippen LogP contribution < -0.4 is 10.6 Å². The van der Waals surface area contributed by atoms with Gasteiger partial charge in [0.15, 0.2) is 0 Å². The van der Waals surface area contributed by atoms with Crippen LogP contribution in [-0.4, -0.2) is 0 Å². The maximum absolute atomic E-state index is 6.15. The quantitative estimate of drug-likeness (QED) is 0.547. The fourth-order valence-corrected chi connectivity index (χ4v) is 2.78. The smallest absolute Gasteiger partial charge is 0.0637 e. The number of para-hydroxylation sites is 2. The van der Waals surface area contributed by atoms with Gasteiger partial charge in [-0.1, -0.05) is 71.7 Å². The molecule has 122 valence electrons. The molecule has 0 fully saturated rings. The second-order valence-corrected chi connectivity index (χ2v) is 6.30. The minimum absolute atomic E-state index is 0.734. The Balaban J connectivity index is 1.55. The molecule has 0 amide bonds. The lowest BCUT2D eigenvalue weighted by atomic mass is 10.1. The van der Waals surface area contributed by atoms with E-state index in [2.05, 4.69) is 34.9 Å². The predicted molar refractivity (Wildman–Crippen MR) is 104 cm³/mol. The molecule has 0 spiro atoms. The molecule has 0 saturated heterocycles. The van der Waals surface area contributed by atoms with Gasteiger partial charge in [0.2, 0.25) is 0 Å². The Labute approximate surface area is 152 Å². The molecule has 0 aliphatic carbocycles. The summed E-state index contributed by atoms with van der Waals surface area (Å²) in [6.45, 7) is 1.48. The number of anilines is 2. The SMILES string of the molecule is Clc1ccccc1NCc1ccc(CNc2ccccc2Cl)cc1. The predicted octanol–water partition coefficient (Wildman–Crippen LogP) is 6.22.